The molecule has 3 aromatic rings. The van der Waals surface area contributed by atoms with Gasteiger partial charge in [0.05, 0.1) is 6.61 Å². The van der Waals surface area contributed by atoms with Gasteiger partial charge in [0.15, 0.2) is 0 Å². The minimum absolute atomic E-state index is 0.281. The van der Waals surface area contributed by atoms with Crippen LogP contribution in [0.25, 0.3) is 22.5 Å². The molecule has 3 rings (SSSR count). The van der Waals surface area contributed by atoms with Crippen molar-refractivity contribution in [3.8, 4) is 28.3 Å². The highest BCUT2D eigenvalue weighted by atomic mass is 19.1. The van der Waals surface area contributed by atoms with Crippen LogP contribution in [0.1, 0.15) is 33.6 Å². The monoisotopic (exact) mass is 394 g/mol. The Bertz CT molecular complexity index is 913. The first-order valence-electron chi connectivity index (χ1n) is 10.1. The Balaban J connectivity index is 2.04. The van der Waals surface area contributed by atoms with Crippen molar-refractivity contribution in [2.45, 2.75) is 33.6 Å². The predicted molar refractivity (Wildman–Crippen MR) is 115 cm³/mol. The van der Waals surface area contributed by atoms with Gasteiger partial charge in [0.25, 0.3) is 0 Å². The summed E-state index contributed by atoms with van der Waals surface area (Å²) in [5.74, 6) is 1.12. The van der Waals surface area contributed by atoms with Crippen LogP contribution in [0.4, 0.5) is 10.3 Å². The number of hydrogen-bond donors (Lipinski definition) is 0. The van der Waals surface area contributed by atoms with Gasteiger partial charge >= 0.3 is 0 Å². The summed E-state index contributed by atoms with van der Waals surface area (Å²) < 4.78 is 19.1. The molecule has 0 aliphatic carbocycles. The fourth-order valence-corrected chi connectivity index (χ4v) is 3.05. The molecule has 0 aliphatic rings. The first-order valence-corrected chi connectivity index (χ1v) is 10.1. The van der Waals surface area contributed by atoms with E-state index in [1.54, 1.807) is 12.1 Å². The normalized spacial score (nSPS) is 10.8. The van der Waals surface area contributed by atoms with Crippen LogP contribution < -0.4 is 9.64 Å². The molecule has 0 fully saturated rings. The van der Waals surface area contributed by atoms with Crippen LogP contribution in [-0.2, 0) is 0 Å². The van der Waals surface area contributed by atoms with E-state index < -0.39 is 0 Å². The topological polar surface area (TPSA) is 51.1 Å². The number of anilines is 1. The number of aromatic nitrogens is 3. The quantitative estimate of drug-likeness (QED) is 0.488. The van der Waals surface area contributed by atoms with Gasteiger partial charge in [0.1, 0.15) is 23.0 Å². The van der Waals surface area contributed by atoms with Crippen LogP contribution in [0.15, 0.2) is 48.5 Å². The summed E-state index contributed by atoms with van der Waals surface area (Å²) in [7, 11) is 0. The molecule has 5 nitrogen and oxygen atoms in total. The largest absolute Gasteiger partial charge is 0.494 e. The highest BCUT2D eigenvalue weighted by Crippen LogP contribution is 2.31. The zero-order chi connectivity index (χ0) is 20.6. The van der Waals surface area contributed by atoms with Crippen molar-refractivity contribution in [1.29, 1.82) is 0 Å². The third kappa shape index (κ3) is 5.08. The zero-order valence-corrected chi connectivity index (χ0v) is 17.2. The van der Waals surface area contributed by atoms with Crippen molar-refractivity contribution < 1.29 is 9.13 Å². The average Bonchev–Trinajstić information content (AvgIpc) is 2.76. The second kappa shape index (κ2) is 9.96. The maximum Gasteiger partial charge on any atom is 0.245 e. The third-order valence-electron chi connectivity index (χ3n) is 4.55. The molecule has 6 heteroatoms. The van der Waals surface area contributed by atoms with Gasteiger partial charge in [0.2, 0.25) is 5.95 Å². The summed E-state index contributed by atoms with van der Waals surface area (Å²) in [4.78, 5) is 6.90. The maximum absolute atomic E-state index is 13.5. The summed E-state index contributed by atoms with van der Waals surface area (Å²) >= 11 is 0. The molecular weight excluding hydrogens is 367 g/mol. The van der Waals surface area contributed by atoms with Crippen LogP contribution >= 0.6 is 0 Å². The number of ether oxygens (including phenoxy) is 1. The van der Waals surface area contributed by atoms with Crippen molar-refractivity contribution in [3.05, 3.63) is 54.3 Å². The number of nitrogens with zero attached hydrogens (tertiary/aromatic N) is 4. The van der Waals surface area contributed by atoms with Crippen LogP contribution in [0.2, 0.25) is 0 Å². The summed E-state index contributed by atoms with van der Waals surface area (Å²) in [6.07, 6.45) is 1.95. The van der Waals surface area contributed by atoms with Crippen molar-refractivity contribution in [2.24, 2.45) is 0 Å². The lowest BCUT2D eigenvalue weighted by Gasteiger charge is -2.20. The summed E-state index contributed by atoms with van der Waals surface area (Å²) in [6.45, 7) is 8.59. The first kappa shape index (κ1) is 20.7. The van der Waals surface area contributed by atoms with Crippen molar-refractivity contribution in [3.63, 3.8) is 0 Å². The van der Waals surface area contributed by atoms with Crippen molar-refractivity contribution in [1.82, 2.24) is 15.2 Å². The number of halogens is 1. The Labute approximate surface area is 171 Å². The maximum atomic E-state index is 13.5. The van der Waals surface area contributed by atoms with Gasteiger partial charge in [-0.15, -0.1) is 10.2 Å². The molecule has 0 radical (unpaired) electrons. The molecule has 0 N–H and O–H groups in total. The van der Waals surface area contributed by atoms with E-state index in [-0.39, 0.29) is 5.82 Å². The van der Waals surface area contributed by atoms with E-state index in [1.165, 1.54) is 12.1 Å². The standard InChI is InChI=1S/C23H27FN4O/c1-4-15-28(6-3)23-25-21(17-7-11-19(24)12-8-17)22(26-27-23)18-9-13-20(14-10-18)29-16-5-2/h7-14H,4-6,15-16H2,1-3H3. The van der Waals surface area contributed by atoms with E-state index in [0.29, 0.717) is 23.9 Å². The number of hydrogen-bond acceptors (Lipinski definition) is 5. The molecule has 0 saturated carbocycles. The Morgan fingerprint density at radius 1 is 0.828 bits per heavy atom. The first-order chi connectivity index (χ1) is 14.2. The third-order valence-corrected chi connectivity index (χ3v) is 4.55. The molecule has 1 heterocycles. The van der Waals surface area contributed by atoms with E-state index in [4.69, 9.17) is 9.72 Å². The molecule has 0 atom stereocenters. The smallest absolute Gasteiger partial charge is 0.245 e. The summed E-state index contributed by atoms with van der Waals surface area (Å²) in [5.41, 5.74) is 3.04. The fraction of sp³-hybridized carbons (Fsp3) is 0.348. The number of rotatable bonds is 9. The Morgan fingerprint density at radius 2 is 1.48 bits per heavy atom. The second-order valence-electron chi connectivity index (χ2n) is 6.77. The zero-order valence-electron chi connectivity index (χ0n) is 17.2. The SMILES string of the molecule is CCCOc1ccc(-c2nnc(N(CC)CCC)nc2-c2ccc(F)cc2)cc1. The lowest BCUT2D eigenvalue weighted by molar-refractivity contribution is 0.317. The Morgan fingerprint density at radius 3 is 2.10 bits per heavy atom. The predicted octanol–water partition coefficient (Wildman–Crippen LogP) is 5.37. The van der Waals surface area contributed by atoms with Crippen LogP contribution in [0.3, 0.4) is 0 Å². The number of benzene rings is 2. The van der Waals surface area contributed by atoms with E-state index in [0.717, 1.165) is 42.8 Å². The Hall–Kier alpha value is -3.02. The van der Waals surface area contributed by atoms with Gasteiger partial charge in [-0.3, -0.25) is 0 Å². The van der Waals surface area contributed by atoms with E-state index in [1.807, 2.05) is 24.3 Å². The molecular formula is C23H27FN4O. The van der Waals surface area contributed by atoms with E-state index >= 15 is 0 Å². The minimum Gasteiger partial charge on any atom is -0.494 e. The van der Waals surface area contributed by atoms with Gasteiger partial charge in [-0.2, -0.15) is 0 Å². The molecule has 2 aromatic carbocycles. The molecule has 0 aliphatic heterocycles. The summed E-state index contributed by atoms with van der Waals surface area (Å²) in [6, 6.07) is 14.1. The lowest BCUT2D eigenvalue weighted by Crippen LogP contribution is -2.26. The van der Waals surface area contributed by atoms with Crippen LogP contribution in [0.5, 0.6) is 5.75 Å². The molecule has 152 valence electrons. The van der Waals surface area contributed by atoms with Crippen molar-refractivity contribution >= 4 is 5.95 Å². The lowest BCUT2D eigenvalue weighted by atomic mass is 10.0. The van der Waals surface area contributed by atoms with Gasteiger partial charge in [-0.05, 0) is 68.3 Å². The van der Waals surface area contributed by atoms with Gasteiger partial charge in [-0.1, -0.05) is 13.8 Å². The molecule has 0 unspecified atom stereocenters. The van der Waals surface area contributed by atoms with E-state index in [9.17, 15) is 4.39 Å². The van der Waals surface area contributed by atoms with Crippen LogP contribution in [-0.4, -0.2) is 34.9 Å². The molecule has 0 spiro atoms. The molecule has 29 heavy (non-hydrogen) atoms. The molecule has 1 aromatic heterocycles. The molecule has 0 amide bonds. The molecule has 0 bridgehead atoms. The van der Waals surface area contributed by atoms with E-state index in [2.05, 4.69) is 35.9 Å². The average molecular weight is 394 g/mol. The Kier molecular flexibility index (Phi) is 7.11. The summed E-state index contributed by atoms with van der Waals surface area (Å²) in [5, 5.41) is 8.88. The highest BCUT2D eigenvalue weighted by Gasteiger charge is 2.16. The van der Waals surface area contributed by atoms with Crippen LogP contribution in [0, 0.1) is 5.82 Å². The minimum atomic E-state index is -0.281. The fourth-order valence-electron chi connectivity index (χ4n) is 3.05. The highest BCUT2D eigenvalue weighted by molar-refractivity contribution is 5.78. The second-order valence-corrected chi connectivity index (χ2v) is 6.77. The van der Waals surface area contributed by atoms with Gasteiger partial charge in [0, 0.05) is 24.2 Å². The van der Waals surface area contributed by atoms with Gasteiger partial charge in [-0.25, -0.2) is 9.37 Å². The van der Waals surface area contributed by atoms with Gasteiger partial charge < -0.3 is 9.64 Å². The van der Waals surface area contributed by atoms with Crippen molar-refractivity contribution in [2.75, 3.05) is 24.6 Å². The molecule has 0 saturated heterocycles.